The summed E-state index contributed by atoms with van der Waals surface area (Å²) in [6.07, 6.45) is 14.4. The normalized spacial score (nSPS) is 10.9. The molecular weight excluding hydrogens is 248 g/mol. The van der Waals surface area contributed by atoms with Crippen molar-refractivity contribution in [2.24, 2.45) is 5.92 Å². The van der Waals surface area contributed by atoms with Gasteiger partial charge in [0, 0.05) is 5.57 Å². The van der Waals surface area contributed by atoms with E-state index in [2.05, 4.69) is 20.4 Å². The van der Waals surface area contributed by atoms with Gasteiger partial charge in [0.15, 0.2) is 0 Å². The van der Waals surface area contributed by atoms with Gasteiger partial charge in [-0.2, -0.15) is 0 Å². The van der Waals surface area contributed by atoms with Crippen molar-refractivity contribution in [3.05, 3.63) is 12.2 Å². The molecule has 0 saturated heterocycles. The number of carboxylic acid groups (broad SMARTS) is 1. The van der Waals surface area contributed by atoms with Gasteiger partial charge in [0.05, 0.1) is 0 Å². The largest absolute Gasteiger partial charge is 0.478 e. The minimum Gasteiger partial charge on any atom is -0.478 e. The molecular formula is C18H34O2. The molecule has 0 aromatic rings. The predicted octanol–water partition coefficient (Wildman–Crippen LogP) is 5.96. The third-order valence-electron chi connectivity index (χ3n) is 4.08. The van der Waals surface area contributed by atoms with E-state index in [1.807, 2.05) is 0 Å². The first-order valence-corrected chi connectivity index (χ1v) is 8.55. The van der Waals surface area contributed by atoms with Gasteiger partial charge in [0.1, 0.15) is 0 Å². The van der Waals surface area contributed by atoms with Gasteiger partial charge in [-0.05, 0) is 18.8 Å². The van der Waals surface area contributed by atoms with Crippen LogP contribution in [0.1, 0.15) is 90.9 Å². The van der Waals surface area contributed by atoms with Crippen LogP contribution in [0, 0.1) is 5.92 Å². The second kappa shape index (κ2) is 13.2. The number of unbranched alkanes of at least 4 members (excludes halogenated alkanes) is 8. The number of carboxylic acids is 1. The predicted molar refractivity (Wildman–Crippen MR) is 87.0 cm³/mol. The number of aliphatic carboxylic acids is 1. The number of carbonyl (C=O) groups is 1. The number of hydrogen-bond acceptors (Lipinski definition) is 1. The van der Waals surface area contributed by atoms with Crippen molar-refractivity contribution < 1.29 is 9.90 Å². The molecule has 118 valence electrons. The molecule has 0 aliphatic rings. The van der Waals surface area contributed by atoms with Crippen molar-refractivity contribution in [3.8, 4) is 0 Å². The van der Waals surface area contributed by atoms with Gasteiger partial charge in [0.25, 0.3) is 0 Å². The SMILES string of the molecule is C=C(C(=O)O)C(CCCCCCC)CCCCCCC. The van der Waals surface area contributed by atoms with Gasteiger partial charge in [-0.15, -0.1) is 0 Å². The molecule has 20 heavy (non-hydrogen) atoms. The lowest BCUT2D eigenvalue weighted by atomic mass is 9.88. The summed E-state index contributed by atoms with van der Waals surface area (Å²) >= 11 is 0. The standard InChI is InChI=1S/C18H34O2/c1-4-6-8-10-12-14-17(16(3)18(19)20)15-13-11-9-7-5-2/h17H,3-15H2,1-2H3,(H,19,20). The Hall–Kier alpha value is -0.790. The molecule has 0 atom stereocenters. The summed E-state index contributed by atoms with van der Waals surface area (Å²) in [6.45, 7) is 8.21. The highest BCUT2D eigenvalue weighted by molar-refractivity contribution is 5.86. The molecule has 0 amide bonds. The fourth-order valence-electron chi connectivity index (χ4n) is 2.66. The highest BCUT2D eigenvalue weighted by Gasteiger charge is 2.17. The second-order valence-electron chi connectivity index (χ2n) is 5.93. The first-order valence-electron chi connectivity index (χ1n) is 8.55. The molecule has 0 radical (unpaired) electrons. The van der Waals surface area contributed by atoms with E-state index < -0.39 is 5.97 Å². The summed E-state index contributed by atoms with van der Waals surface area (Å²) in [5, 5.41) is 9.13. The molecule has 2 nitrogen and oxygen atoms in total. The topological polar surface area (TPSA) is 37.3 Å². The lowest BCUT2D eigenvalue weighted by Gasteiger charge is -2.17. The Labute approximate surface area is 125 Å². The van der Waals surface area contributed by atoms with E-state index in [-0.39, 0.29) is 5.92 Å². The Balaban J connectivity index is 3.95. The van der Waals surface area contributed by atoms with E-state index in [1.165, 1.54) is 51.4 Å². The smallest absolute Gasteiger partial charge is 0.331 e. The first-order chi connectivity index (χ1) is 9.63. The molecule has 0 aliphatic carbocycles. The molecule has 0 fully saturated rings. The van der Waals surface area contributed by atoms with Gasteiger partial charge in [-0.3, -0.25) is 0 Å². The maximum Gasteiger partial charge on any atom is 0.331 e. The summed E-state index contributed by atoms with van der Waals surface area (Å²) < 4.78 is 0. The molecule has 0 spiro atoms. The third kappa shape index (κ3) is 10.1. The minimum atomic E-state index is -0.808. The van der Waals surface area contributed by atoms with E-state index in [0.29, 0.717) is 5.57 Å². The van der Waals surface area contributed by atoms with E-state index in [1.54, 1.807) is 0 Å². The zero-order chi connectivity index (χ0) is 15.2. The van der Waals surface area contributed by atoms with Crippen LogP contribution in [-0.4, -0.2) is 11.1 Å². The minimum absolute atomic E-state index is 0.191. The van der Waals surface area contributed by atoms with Gasteiger partial charge in [-0.25, -0.2) is 4.79 Å². The first kappa shape index (κ1) is 19.2. The maximum atomic E-state index is 11.1. The summed E-state index contributed by atoms with van der Waals surface area (Å²) in [4.78, 5) is 11.1. The van der Waals surface area contributed by atoms with Gasteiger partial charge < -0.3 is 5.11 Å². The zero-order valence-electron chi connectivity index (χ0n) is 13.6. The van der Waals surface area contributed by atoms with Crippen LogP contribution >= 0.6 is 0 Å². The summed E-state index contributed by atoms with van der Waals surface area (Å²) in [6, 6.07) is 0. The summed E-state index contributed by atoms with van der Waals surface area (Å²) in [5.41, 5.74) is 0.427. The van der Waals surface area contributed by atoms with Crippen LogP contribution in [-0.2, 0) is 4.79 Å². The van der Waals surface area contributed by atoms with Crippen LogP contribution in [0.3, 0.4) is 0 Å². The Morgan fingerprint density at radius 1 is 0.850 bits per heavy atom. The zero-order valence-corrected chi connectivity index (χ0v) is 13.6. The molecule has 0 bridgehead atoms. The number of hydrogen-bond donors (Lipinski definition) is 1. The fourth-order valence-corrected chi connectivity index (χ4v) is 2.66. The quantitative estimate of drug-likeness (QED) is 0.315. The van der Waals surface area contributed by atoms with E-state index in [9.17, 15) is 4.79 Å². The molecule has 0 aromatic heterocycles. The highest BCUT2D eigenvalue weighted by atomic mass is 16.4. The van der Waals surface area contributed by atoms with E-state index >= 15 is 0 Å². The Kier molecular flexibility index (Phi) is 12.7. The summed E-state index contributed by atoms with van der Waals surface area (Å²) in [5.74, 6) is -0.618. The van der Waals surface area contributed by atoms with Crippen LogP contribution in [0.5, 0.6) is 0 Å². The lowest BCUT2D eigenvalue weighted by Crippen LogP contribution is -2.12. The Morgan fingerprint density at radius 3 is 1.60 bits per heavy atom. The third-order valence-corrected chi connectivity index (χ3v) is 4.08. The van der Waals surface area contributed by atoms with E-state index in [4.69, 9.17) is 5.11 Å². The fraction of sp³-hybridized carbons (Fsp3) is 0.833. The molecule has 0 heterocycles. The Bertz CT molecular complexity index is 244. The van der Waals surface area contributed by atoms with Crippen molar-refractivity contribution in [1.82, 2.24) is 0 Å². The maximum absolute atomic E-state index is 11.1. The van der Waals surface area contributed by atoms with Crippen LogP contribution < -0.4 is 0 Å². The van der Waals surface area contributed by atoms with E-state index in [0.717, 1.165) is 25.7 Å². The van der Waals surface area contributed by atoms with Crippen LogP contribution in [0.25, 0.3) is 0 Å². The second-order valence-corrected chi connectivity index (χ2v) is 5.93. The average Bonchev–Trinajstić information content (AvgIpc) is 2.43. The lowest BCUT2D eigenvalue weighted by molar-refractivity contribution is -0.133. The van der Waals surface area contributed by atoms with Gasteiger partial charge in [-0.1, -0.05) is 84.6 Å². The average molecular weight is 282 g/mol. The van der Waals surface area contributed by atoms with Crippen molar-refractivity contribution in [2.45, 2.75) is 90.9 Å². The Morgan fingerprint density at radius 2 is 1.25 bits per heavy atom. The molecule has 0 saturated carbocycles. The number of rotatable bonds is 14. The van der Waals surface area contributed by atoms with Crippen LogP contribution in [0.2, 0.25) is 0 Å². The van der Waals surface area contributed by atoms with Crippen molar-refractivity contribution >= 4 is 5.97 Å². The molecule has 1 N–H and O–H groups in total. The summed E-state index contributed by atoms with van der Waals surface area (Å²) in [7, 11) is 0. The van der Waals surface area contributed by atoms with Gasteiger partial charge in [0.2, 0.25) is 0 Å². The van der Waals surface area contributed by atoms with Crippen molar-refractivity contribution in [2.75, 3.05) is 0 Å². The van der Waals surface area contributed by atoms with Gasteiger partial charge >= 0.3 is 5.97 Å². The molecule has 0 aromatic carbocycles. The van der Waals surface area contributed by atoms with Crippen molar-refractivity contribution in [3.63, 3.8) is 0 Å². The molecule has 0 aliphatic heterocycles. The van der Waals surface area contributed by atoms with Crippen molar-refractivity contribution in [1.29, 1.82) is 0 Å². The monoisotopic (exact) mass is 282 g/mol. The molecule has 0 unspecified atom stereocenters. The van der Waals surface area contributed by atoms with Crippen LogP contribution in [0.15, 0.2) is 12.2 Å². The van der Waals surface area contributed by atoms with Crippen LogP contribution in [0.4, 0.5) is 0 Å². The molecule has 0 rings (SSSR count). The highest BCUT2D eigenvalue weighted by Crippen LogP contribution is 2.24. The molecule has 2 heteroatoms.